The third-order valence-electron chi connectivity index (χ3n) is 13.0. The van der Waals surface area contributed by atoms with E-state index in [1.54, 1.807) is 6.07 Å². The van der Waals surface area contributed by atoms with Crippen molar-refractivity contribution in [3.05, 3.63) is 0 Å². The van der Waals surface area contributed by atoms with E-state index in [4.69, 9.17) is 55.6 Å². The molecule has 0 rings (SSSR count). The fourth-order valence-corrected chi connectivity index (χ4v) is 8.00. The molecule has 0 atom stereocenters. The molecule has 0 aliphatic carbocycles. The molecule has 0 aromatic rings. The number of nitrogens with two attached hydrogens (primary N) is 1. The Balaban J connectivity index is -0.0000000960. The van der Waals surface area contributed by atoms with E-state index in [2.05, 4.69) is 63.8 Å². The fourth-order valence-electron chi connectivity index (χ4n) is 8.00. The number of carbonyl (C=O) groups excluding carboxylic acids is 3. The first-order valence-corrected chi connectivity index (χ1v) is 35.1. The maximum absolute atomic E-state index is 11.6. The van der Waals surface area contributed by atoms with Crippen LogP contribution in [0, 0.1) is 11.3 Å². The highest BCUT2D eigenvalue weighted by Crippen LogP contribution is 2.13. The Morgan fingerprint density at radius 2 is 0.699 bits per heavy atom. The zero-order valence-electron chi connectivity index (χ0n) is 61.9. The lowest BCUT2D eigenvalue weighted by molar-refractivity contribution is -0.870. The Labute approximate surface area is 589 Å². The van der Waals surface area contributed by atoms with Crippen LogP contribution in [-0.4, -0.2) is 203 Å². The van der Waals surface area contributed by atoms with E-state index in [1.165, 1.54) is 142 Å². The van der Waals surface area contributed by atoms with Crippen molar-refractivity contribution >= 4 is 42.6 Å². The van der Waals surface area contributed by atoms with Crippen LogP contribution in [0.4, 0.5) is 0 Å². The minimum Gasteiger partial charge on any atom is -1.00 e. The average molecular weight is 1450 g/mol. The average Bonchev–Trinajstić information content (AvgIpc) is 3.71. The minimum absolute atomic E-state index is 0. The zero-order valence-corrected chi connectivity index (χ0v) is 64.1. The third-order valence-corrected chi connectivity index (χ3v) is 13.0. The van der Waals surface area contributed by atoms with Gasteiger partial charge in [0.1, 0.15) is 6.29 Å². The maximum Gasteiger partial charge on any atom is 0.305 e. The van der Waals surface area contributed by atoms with Gasteiger partial charge in [0.15, 0.2) is 0 Å². The highest BCUT2D eigenvalue weighted by atomic mass is 127. The molecule has 0 bridgehead atoms. The van der Waals surface area contributed by atoms with E-state index < -0.39 is 17.9 Å². The van der Waals surface area contributed by atoms with Gasteiger partial charge < -0.3 is 88.7 Å². The molecule has 0 aliphatic heterocycles. The van der Waals surface area contributed by atoms with Crippen molar-refractivity contribution < 1.29 is 97.0 Å². The Kier molecular flexibility index (Phi) is 128. The van der Waals surface area contributed by atoms with Crippen LogP contribution in [0.3, 0.4) is 0 Å². The molecule has 0 aromatic heterocycles. The molecular weight excluding hydrogens is 1300 g/mol. The maximum atomic E-state index is 11.6. The predicted molar refractivity (Wildman–Crippen MR) is 384 cm³/mol. The number of esters is 2. The molecule has 7 N–H and O–H groups in total. The molecule has 0 heterocycles. The summed E-state index contributed by atoms with van der Waals surface area (Å²) in [6.45, 7) is 15.8. The molecule has 0 radical (unpaired) electrons. The van der Waals surface area contributed by atoms with Crippen LogP contribution >= 0.6 is 0 Å². The summed E-state index contributed by atoms with van der Waals surface area (Å²) < 4.78 is 11.3. The molecule has 21 heteroatoms. The monoisotopic (exact) mass is 1450 g/mol. The van der Waals surface area contributed by atoms with E-state index >= 15 is 0 Å². The van der Waals surface area contributed by atoms with Crippen molar-refractivity contribution in [2.75, 3.05) is 116 Å². The number of ether oxygens (including phenoxy) is 2. The van der Waals surface area contributed by atoms with Gasteiger partial charge in [0, 0.05) is 45.6 Å². The molecule has 93 heavy (non-hydrogen) atoms. The number of carboxylic acids is 3. The van der Waals surface area contributed by atoms with E-state index in [9.17, 15) is 24.0 Å². The molecule has 562 valence electrons. The van der Waals surface area contributed by atoms with Crippen molar-refractivity contribution in [2.24, 2.45) is 5.73 Å². The van der Waals surface area contributed by atoms with Crippen molar-refractivity contribution in [1.29, 1.82) is 5.26 Å². The summed E-state index contributed by atoms with van der Waals surface area (Å²) in [5, 5.41) is 47.6. The first-order chi connectivity index (χ1) is 43.3. The van der Waals surface area contributed by atoms with Crippen molar-refractivity contribution in [3.63, 3.8) is 0 Å². The smallest absolute Gasteiger partial charge is 0.305 e. The number of rotatable bonds is 52. The number of nitriles is 1. The topological polar surface area (TPSA) is 299 Å². The summed E-state index contributed by atoms with van der Waals surface area (Å²) in [5.74, 6) is -2.13. The summed E-state index contributed by atoms with van der Waals surface area (Å²) in [4.78, 5) is 76.4. The quantitative estimate of drug-likeness (QED) is 0.0108. The molecule has 0 spiro atoms. The highest BCUT2D eigenvalue weighted by molar-refractivity contribution is 5.69. The second kappa shape index (κ2) is 105. The van der Waals surface area contributed by atoms with Crippen LogP contribution in [0.25, 0.3) is 0 Å². The lowest BCUT2D eigenvalue weighted by atomic mass is 10.1. The van der Waals surface area contributed by atoms with Crippen LogP contribution in [0.15, 0.2) is 0 Å². The number of aliphatic carboxylic acids is 3. The first-order valence-electron chi connectivity index (χ1n) is 35.1. The van der Waals surface area contributed by atoms with Crippen molar-refractivity contribution in [1.82, 2.24) is 14.7 Å². The Morgan fingerprint density at radius 1 is 0.452 bits per heavy atom. The standard InChI is InChI=1S/C21H44NO2.C12H26O.C11H23NO2.2C8H17NO2.C6H13NO2.C2H3N.C2H4O.CH2O2.CH4.HI/c1-5-6-7-8-9-10-11-12-13-17-20-24-21(23)18-15-14-16-19-22(2,3)4;1-2-3-4-5-6-7-8-9-10-11-12-13;1-4-10-14-11(13)8-6-5-7-9-12(2)3;2*1-9(2)7-5-3-4-6-8(10)11;7-5-3-1-2-4-6(8)9;2*1-2-3;2-1-3;;/h5-20H2,1-4H3;13H,2-12H2,1H3;4-10H2,1-3H3;2*3-7H2,1-2H3,(H,10,11);1-5,7H2,(H,8,9);1H3;2H,1H3;1H,(H,2,3);1H4;1H/q+1;;;;;;;;;;/p-1. The lowest BCUT2D eigenvalue weighted by Gasteiger charge is -2.23. The van der Waals surface area contributed by atoms with Gasteiger partial charge in [0.2, 0.25) is 0 Å². The molecule has 0 fully saturated rings. The molecule has 0 aliphatic rings. The number of aldehydes is 1. The molecule has 0 amide bonds. The summed E-state index contributed by atoms with van der Waals surface area (Å²) in [6, 6.07) is 1.75. The minimum atomic E-state index is -0.716. The largest absolute Gasteiger partial charge is 1.00 e. The highest BCUT2D eigenvalue weighted by Gasteiger charge is 2.08. The van der Waals surface area contributed by atoms with E-state index in [0.717, 1.165) is 140 Å². The van der Waals surface area contributed by atoms with Gasteiger partial charge in [0.25, 0.3) is 6.47 Å². The van der Waals surface area contributed by atoms with Gasteiger partial charge in [-0.2, -0.15) is 5.26 Å². The molecular formula is C72H153IN6O14. The Hall–Kier alpha value is -3.53. The molecule has 0 aromatic carbocycles. The number of hydrogen-bond acceptors (Lipinski definition) is 15. The van der Waals surface area contributed by atoms with Crippen LogP contribution in [-0.2, 0) is 43.0 Å². The number of aliphatic hydroxyl groups is 1. The Bertz CT molecular complexity index is 1460. The summed E-state index contributed by atoms with van der Waals surface area (Å²) >= 11 is 0. The second-order valence-electron chi connectivity index (χ2n) is 24.5. The van der Waals surface area contributed by atoms with E-state index in [-0.39, 0.29) is 56.2 Å². The number of aliphatic hydroxyl groups excluding tert-OH is 1. The van der Waals surface area contributed by atoms with Gasteiger partial charge in [-0.1, -0.05) is 169 Å². The van der Waals surface area contributed by atoms with Crippen molar-refractivity contribution in [2.45, 2.75) is 305 Å². The third kappa shape index (κ3) is 170. The SMILES string of the molecule is C.CC#N.CC=O.CCCCCCCCCCCCO.CCCCCCCCCCCCOC(=O)CCCCC[N+](C)(C)C.CCCOC(=O)CCCCCN(C)C.CN(C)CCCCCC(=O)O.CN(C)CCCCCC(=O)O.NCCCCCC(=O)O.O=CO.[I-]. The number of halogens is 1. The number of quaternary nitrogens is 1. The number of hydrogen-bond donors (Lipinski definition) is 6. The normalized spacial score (nSPS) is 9.83. The van der Waals surface area contributed by atoms with Crippen molar-refractivity contribution in [3.8, 4) is 6.07 Å². The van der Waals surface area contributed by atoms with Gasteiger partial charge in [-0.25, -0.2) is 0 Å². The van der Waals surface area contributed by atoms with Crippen LogP contribution in [0.1, 0.15) is 305 Å². The summed E-state index contributed by atoms with van der Waals surface area (Å²) in [7, 11) is 18.9. The van der Waals surface area contributed by atoms with Gasteiger partial charge in [0.05, 0.1) is 47.0 Å². The predicted octanol–water partition coefficient (Wildman–Crippen LogP) is 12.7. The zero-order chi connectivity index (χ0) is 71.3. The Morgan fingerprint density at radius 3 is 0.957 bits per heavy atom. The summed E-state index contributed by atoms with van der Waals surface area (Å²) in [6.07, 6.45) is 45.2. The first kappa shape index (κ1) is 114. The molecule has 0 saturated heterocycles. The van der Waals surface area contributed by atoms with Gasteiger partial charge in [-0.15, -0.1) is 0 Å². The number of carboxylic acid groups (broad SMARTS) is 4. The fraction of sp³-hybridized carbons (Fsp3) is 0.889. The van der Waals surface area contributed by atoms with Crippen LogP contribution in [0.2, 0.25) is 0 Å². The van der Waals surface area contributed by atoms with Crippen LogP contribution in [0.5, 0.6) is 0 Å². The molecule has 0 unspecified atom stereocenters. The molecule has 0 saturated carbocycles. The van der Waals surface area contributed by atoms with E-state index in [0.29, 0.717) is 52.0 Å². The van der Waals surface area contributed by atoms with Gasteiger partial charge >= 0.3 is 29.8 Å². The van der Waals surface area contributed by atoms with E-state index in [1.807, 2.05) is 35.1 Å². The summed E-state index contributed by atoms with van der Waals surface area (Å²) in [5.41, 5.74) is 5.20. The van der Waals surface area contributed by atoms with Gasteiger partial charge in [-0.05, 0) is 165 Å². The number of carbonyl (C=O) groups is 7. The lowest BCUT2D eigenvalue weighted by Crippen LogP contribution is -3.00. The second-order valence-corrected chi connectivity index (χ2v) is 24.5. The van der Waals surface area contributed by atoms with Gasteiger partial charge in [-0.3, -0.25) is 28.8 Å². The van der Waals surface area contributed by atoms with Crippen LogP contribution < -0.4 is 29.7 Å². The number of nitrogens with zero attached hydrogens (tertiary/aromatic N) is 5. The molecule has 20 nitrogen and oxygen atoms in total. The number of unbranched alkanes of at least 4 members (excludes halogenated alkanes) is 28.